The summed E-state index contributed by atoms with van der Waals surface area (Å²) in [5, 5.41) is 17.6. The highest BCUT2D eigenvalue weighted by Crippen LogP contribution is 2.22. The van der Waals surface area contributed by atoms with Crippen LogP contribution in [-0.2, 0) is 10.7 Å². The first-order valence-electron chi connectivity index (χ1n) is 4.38. The minimum absolute atomic E-state index is 0.0537. The maximum atomic E-state index is 8.96. The molecule has 1 atom stereocenters. The third-order valence-corrected chi connectivity index (χ3v) is 2.34. The molecule has 0 bridgehead atoms. The Labute approximate surface area is 93.6 Å². The average Bonchev–Trinajstić information content (AvgIpc) is 2.30. The molecule has 0 fully saturated rings. The molecular formula is C11H9ClN2O. The Balaban J connectivity index is 2.86. The van der Waals surface area contributed by atoms with Crippen LogP contribution >= 0.6 is 11.9 Å². The predicted molar refractivity (Wildman–Crippen MR) is 55.7 cm³/mol. The Kier molecular flexibility index (Phi) is 4.12. The van der Waals surface area contributed by atoms with Crippen LogP contribution in [0.3, 0.4) is 0 Å². The number of nitriles is 2. The Bertz CT molecular complexity index is 393. The number of benzene rings is 1. The van der Waals surface area contributed by atoms with Gasteiger partial charge in [0.15, 0.2) is 5.60 Å². The van der Waals surface area contributed by atoms with Gasteiger partial charge in [0, 0.05) is 6.42 Å². The standard InChI is InChI=1S/C11H9ClN2O/c12-15-11(9-14,6-7-13)8-10-4-2-1-3-5-10/h1-5H,6,8H2. The summed E-state index contributed by atoms with van der Waals surface area (Å²) in [7, 11) is 0. The fourth-order valence-electron chi connectivity index (χ4n) is 1.27. The molecule has 3 nitrogen and oxygen atoms in total. The summed E-state index contributed by atoms with van der Waals surface area (Å²) in [4.78, 5) is 0. The van der Waals surface area contributed by atoms with E-state index >= 15 is 0 Å². The number of hydrogen-bond donors (Lipinski definition) is 0. The van der Waals surface area contributed by atoms with E-state index < -0.39 is 5.60 Å². The van der Waals surface area contributed by atoms with E-state index in [9.17, 15) is 0 Å². The quantitative estimate of drug-likeness (QED) is 0.784. The number of halogens is 1. The van der Waals surface area contributed by atoms with Gasteiger partial charge in [-0.25, -0.2) is 0 Å². The van der Waals surface area contributed by atoms with Gasteiger partial charge in [-0.2, -0.15) is 10.5 Å². The van der Waals surface area contributed by atoms with Crippen molar-refractivity contribution in [3.05, 3.63) is 35.9 Å². The van der Waals surface area contributed by atoms with Crippen LogP contribution in [0.15, 0.2) is 30.3 Å². The highest BCUT2D eigenvalue weighted by atomic mass is 35.5. The molecule has 0 N–H and O–H groups in total. The molecule has 0 spiro atoms. The molecule has 0 saturated heterocycles. The van der Waals surface area contributed by atoms with Gasteiger partial charge in [0.1, 0.15) is 6.07 Å². The van der Waals surface area contributed by atoms with Gasteiger partial charge in [0.25, 0.3) is 0 Å². The average molecular weight is 221 g/mol. The third-order valence-electron chi connectivity index (χ3n) is 2.05. The molecule has 1 aromatic carbocycles. The van der Waals surface area contributed by atoms with Crippen molar-refractivity contribution in [1.82, 2.24) is 0 Å². The minimum Gasteiger partial charge on any atom is -0.256 e. The van der Waals surface area contributed by atoms with Crippen LogP contribution < -0.4 is 0 Å². The Morgan fingerprint density at radius 3 is 2.40 bits per heavy atom. The third kappa shape index (κ3) is 2.95. The van der Waals surface area contributed by atoms with Crippen LogP contribution in [0.25, 0.3) is 0 Å². The van der Waals surface area contributed by atoms with Crippen LogP contribution in [0.5, 0.6) is 0 Å². The molecule has 76 valence electrons. The molecule has 0 aliphatic heterocycles. The van der Waals surface area contributed by atoms with E-state index in [0.29, 0.717) is 6.42 Å². The second-order valence-corrected chi connectivity index (χ2v) is 3.33. The van der Waals surface area contributed by atoms with E-state index in [1.54, 1.807) is 0 Å². The van der Waals surface area contributed by atoms with Gasteiger partial charge in [-0.05, 0) is 5.56 Å². The van der Waals surface area contributed by atoms with Crippen molar-refractivity contribution < 1.29 is 4.29 Å². The first-order valence-corrected chi connectivity index (χ1v) is 4.69. The monoisotopic (exact) mass is 220 g/mol. The van der Waals surface area contributed by atoms with Crippen LogP contribution in [0, 0.1) is 22.7 Å². The van der Waals surface area contributed by atoms with E-state index in [0.717, 1.165) is 5.56 Å². The summed E-state index contributed by atoms with van der Waals surface area (Å²) >= 11 is 5.28. The summed E-state index contributed by atoms with van der Waals surface area (Å²) in [5.41, 5.74) is -0.340. The maximum Gasteiger partial charge on any atom is 0.192 e. The first-order chi connectivity index (χ1) is 7.26. The van der Waals surface area contributed by atoms with Crippen molar-refractivity contribution in [2.24, 2.45) is 0 Å². The number of rotatable bonds is 4. The van der Waals surface area contributed by atoms with Gasteiger partial charge < -0.3 is 0 Å². The van der Waals surface area contributed by atoms with Crippen LogP contribution in [0.1, 0.15) is 12.0 Å². The number of hydrogen-bond acceptors (Lipinski definition) is 3. The molecule has 0 radical (unpaired) electrons. The molecule has 15 heavy (non-hydrogen) atoms. The van der Waals surface area contributed by atoms with E-state index in [2.05, 4.69) is 4.29 Å². The van der Waals surface area contributed by atoms with E-state index in [4.69, 9.17) is 22.4 Å². The van der Waals surface area contributed by atoms with Crippen molar-refractivity contribution in [1.29, 1.82) is 10.5 Å². The molecule has 0 amide bonds. The lowest BCUT2D eigenvalue weighted by Crippen LogP contribution is -2.29. The first kappa shape index (κ1) is 11.5. The summed E-state index contributed by atoms with van der Waals surface area (Å²) in [6.45, 7) is 0. The predicted octanol–water partition coefficient (Wildman–Crippen LogP) is 2.58. The van der Waals surface area contributed by atoms with Crippen molar-refractivity contribution in [3.8, 4) is 12.1 Å². The van der Waals surface area contributed by atoms with Crippen LogP contribution in [0.4, 0.5) is 0 Å². The van der Waals surface area contributed by atoms with Crippen molar-refractivity contribution in [2.75, 3.05) is 0 Å². The van der Waals surface area contributed by atoms with Crippen molar-refractivity contribution >= 4 is 11.9 Å². The fourth-order valence-corrected chi connectivity index (χ4v) is 1.41. The SMILES string of the molecule is N#CCC(C#N)(Cc1ccccc1)OCl. The lowest BCUT2D eigenvalue weighted by molar-refractivity contribution is 0.150. The molecule has 1 aromatic rings. The Hall–Kier alpha value is -1.55. The van der Waals surface area contributed by atoms with Crippen LogP contribution in [0.2, 0.25) is 0 Å². The molecule has 0 aromatic heterocycles. The molecular weight excluding hydrogens is 212 g/mol. The molecule has 1 unspecified atom stereocenters. The molecule has 0 heterocycles. The van der Waals surface area contributed by atoms with E-state index in [1.165, 1.54) is 0 Å². The van der Waals surface area contributed by atoms with Gasteiger partial charge >= 0.3 is 0 Å². The summed E-state index contributed by atoms with van der Waals surface area (Å²) < 4.78 is 4.62. The smallest absolute Gasteiger partial charge is 0.192 e. The van der Waals surface area contributed by atoms with Gasteiger partial charge in [0.2, 0.25) is 0 Å². The zero-order valence-corrected chi connectivity index (χ0v) is 8.74. The normalized spacial score (nSPS) is 13.5. The second kappa shape index (κ2) is 5.36. The molecule has 0 aliphatic rings. The Morgan fingerprint density at radius 1 is 1.27 bits per heavy atom. The van der Waals surface area contributed by atoms with Gasteiger partial charge in [-0.15, -0.1) is 0 Å². The van der Waals surface area contributed by atoms with E-state index in [1.807, 2.05) is 42.5 Å². The molecule has 4 heteroatoms. The topological polar surface area (TPSA) is 56.8 Å². The largest absolute Gasteiger partial charge is 0.256 e. The molecule has 0 saturated carbocycles. The van der Waals surface area contributed by atoms with Crippen molar-refractivity contribution in [3.63, 3.8) is 0 Å². The second-order valence-electron chi connectivity index (χ2n) is 3.18. The van der Waals surface area contributed by atoms with Crippen molar-refractivity contribution in [2.45, 2.75) is 18.4 Å². The summed E-state index contributed by atoms with van der Waals surface area (Å²) in [5.74, 6) is 0. The fraction of sp³-hybridized carbons (Fsp3) is 0.273. The van der Waals surface area contributed by atoms with Gasteiger partial charge in [0.05, 0.1) is 24.4 Å². The zero-order chi connectivity index (χ0) is 11.1. The van der Waals surface area contributed by atoms with Gasteiger partial charge in [-0.1, -0.05) is 30.3 Å². The lowest BCUT2D eigenvalue weighted by atomic mass is 9.93. The summed E-state index contributed by atoms with van der Waals surface area (Å²) in [6.07, 6.45) is 0.253. The lowest BCUT2D eigenvalue weighted by Gasteiger charge is -2.19. The molecule has 0 aliphatic carbocycles. The van der Waals surface area contributed by atoms with E-state index in [-0.39, 0.29) is 6.42 Å². The summed E-state index contributed by atoms with van der Waals surface area (Å²) in [6, 6.07) is 13.2. The highest BCUT2D eigenvalue weighted by Gasteiger charge is 2.31. The highest BCUT2D eigenvalue weighted by molar-refractivity contribution is 6.07. The van der Waals surface area contributed by atoms with Crippen LogP contribution in [-0.4, -0.2) is 5.60 Å². The minimum atomic E-state index is -1.25. The number of nitrogens with zero attached hydrogens (tertiary/aromatic N) is 2. The van der Waals surface area contributed by atoms with Gasteiger partial charge in [-0.3, -0.25) is 4.29 Å². The maximum absolute atomic E-state index is 8.96. The Morgan fingerprint density at radius 2 is 1.93 bits per heavy atom. The molecule has 1 rings (SSSR count). The zero-order valence-electron chi connectivity index (χ0n) is 7.98.